The molecular weight excluding hydrogens is 224 g/mol. The number of amides is 1. The topological polar surface area (TPSA) is 41.1 Å². The molecule has 0 bridgehead atoms. The summed E-state index contributed by atoms with van der Waals surface area (Å²) in [5.74, 6) is -0.0157. The first-order chi connectivity index (χ1) is 8.56. The second-order valence-corrected chi connectivity index (χ2v) is 4.35. The van der Waals surface area contributed by atoms with Gasteiger partial charge in [0, 0.05) is 24.7 Å². The average Bonchev–Trinajstić information content (AvgIpc) is 2.34. The smallest absolute Gasteiger partial charge is 0.251 e. The Morgan fingerprint density at radius 1 is 1.33 bits per heavy atom. The van der Waals surface area contributed by atoms with Crippen molar-refractivity contribution in [2.24, 2.45) is 0 Å². The Hall–Kier alpha value is -1.35. The van der Waals surface area contributed by atoms with Gasteiger partial charge in [0.1, 0.15) is 0 Å². The molecule has 0 aromatic carbocycles. The van der Waals surface area contributed by atoms with E-state index in [1.165, 1.54) is 0 Å². The van der Waals surface area contributed by atoms with E-state index in [-0.39, 0.29) is 5.91 Å². The Morgan fingerprint density at radius 3 is 2.44 bits per heavy atom. The third-order valence-corrected chi connectivity index (χ3v) is 2.54. The van der Waals surface area contributed by atoms with Crippen LogP contribution in [0.25, 0.3) is 0 Å². The number of hydrogen-bond acceptors (Lipinski definition) is 2. The third-order valence-electron chi connectivity index (χ3n) is 2.54. The Bertz CT molecular complexity index is 327. The van der Waals surface area contributed by atoms with Gasteiger partial charge in [-0.2, -0.15) is 0 Å². The lowest BCUT2D eigenvalue weighted by Crippen LogP contribution is -2.35. The zero-order valence-corrected chi connectivity index (χ0v) is 12.0. The summed E-state index contributed by atoms with van der Waals surface area (Å²) >= 11 is 0. The number of allylic oxidation sites excluding steroid dienone is 3. The van der Waals surface area contributed by atoms with E-state index < -0.39 is 0 Å². The standard InChI is InChI=1S/C15H26N2O/c1-6-9-13(7-2)14(8-3)15(18)17-11-10-16-12(4)5/h6,8-9,12,16H,1,7,10-11H2,2-5H3,(H,17,18)/b13-9-,14-8+. The van der Waals surface area contributed by atoms with E-state index in [2.05, 4.69) is 31.1 Å². The zero-order chi connectivity index (χ0) is 14.0. The van der Waals surface area contributed by atoms with Crippen molar-refractivity contribution >= 4 is 5.91 Å². The molecule has 2 N–H and O–H groups in total. The summed E-state index contributed by atoms with van der Waals surface area (Å²) in [4.78, 5) is 12.0. The van der Waals surface area contributed by atoms with Gasteiger partial charge in [-0.25, -0.2) is 0 Å². The highest BCUT2D eigenvalue weighted by molar-refractivity contribution is 5.97. The van der Waals surface area contributed by atoms with E-state index in [0.29, 0.717) is 12.6 Å². The monoisotopic (exact) mass is 250 g/mol. The van der Waals surface area contributed by atoms with E-state index in [0.717, 1.165) is 24.1 Å². The molecule has 0 fully saturated rings. The molecule has 0 atom stereocenters. The summed E-state index contributed by atoms with van der Waals surface area (Å²) in [7, 11) is 0. The van der Waals surface area contributed by atoms with Crippen molar-refractivity contribution in [1.82, 2.24) is 10.6 Å². The fraction of sp³-hybridized carbons (Fsp3) is 0.533. The third kappa shape index (κ3) is 6.40. The highest BCUT2D eigenvalue weighted by atomic mass is 16.1. The van der Waals surface area contributed by atoms with Crippen LogP contribution in [0, 0.1) is 0 Å². The highest BCUT2D eigenvalue weighted by Crippen LogP contribution is 2.14. The molecule has 0 heterocycles. The number of hydrogen-bond donors (Lipinski definition) is 2. The van der Waals surface area contributed by atoms with Crippen LogP contribution in [0.1, 0.15) is 34.1 Å². The lowest BCUT2D eigenvalue weighted by atomic mass is 10.0. The van der Waals surface area contributed by atoms with Gasteiger partial charge in [0.25, 0.3) is 5.91 Å². The average molecular weight is 250 g/mol. The Balaban J connectivity index is 4.37. The van der Waals surface area contributed by atoms with Crippen molar-refractivity contribution in [3.63, 3.8) is 0 Å². The maximum Gasteiger partial charge on any atom is 0.251 e. The van der Waals surface area contributed by atoms with E-state index in [9.17, 15) is 4.79 Å². The van der Waals surface area contributed by atoms with Gasteiger partial charge < -0.3 is 10.6 Å². The predicted molar refractivity (Wildman–Crippen MR) is 78.5 cm³/mol. The Kier molecular flexibility index (Phi) is 8.93. The van der Waals surface area contributed by atoms with E-state index >= 15 is 0 Å². The van der Waals surface area contributed by atoms with E-state index in [1.54, 1.807) is 6.08 Å². The molecule has 0 unspecified atom stereocenters. The van der Waals surface area contributed by atoms with Crippen LogP contribution < -0.4 is 10.6 Å². The predicted octanol–water partition coefficient (Wildman–Crippen LogP) is 2.57. The van der Waals surface area contributed by atoms with Crippen LogP contribution >= 0.6 is 0 Å². The number of carbonyl (C=O) groups is 1. The minimum atomic E-state index is -0.0157. The van der Waals surface area contributed by atoms with E-state index in [1.807, 2.05) is 26.0 Å². The quantitative estimate of drug-likeness (QED) is 0.395. The Morgan fingerprint density at radius 2 is 2.00 bits per heavy atom. The van der Waals surface area contributed by atoms with Gasteiger partial charge in [0.15, 0.2) is 0 Å². The summed E-state index contributed by atoms with van der Waals surface area (Å²) < 4.78 is 0. The van der Waals surface area contributed by atoms with Gasteiger partial charge in [-0.15, -0.1) is 0 Å². The molecule has 0 aromatic heterocycles. The maximum atomic E-state index is 12.0. The van der Waals surface area contributed by atoms with Crippen molar-refractivity contribution < 1.29 is 4.79 Å². The summed E-state index contributed by atoms with van der Waals surface area (Å²) in [5.41, 5.74) is 1.75. The lowest BCUT2D eigenvalue weighted by molar-refractivity contribution is -0.117. The van der Waals surface area contributed by atoms with Crippen LogP contribution in [0.2, 0.25) is 0 Å². The zero-order valence-electron chi connectivity index (χ0n) is 12.0. The molecule has 102 valence electrons. The molecule has 0 spiro atoms. The van der Waals surface area contributed by atoms with Gasteiger partial charge in [-0.3, -0.25) is 4.79 Å². The van der Waals surface area contributed by atoms with Crippen LogP contribution in [-0.2, 0) is 4.79 Å². The van der Waals surface area contributed by atoms with Crippen molar-refractivity contribution in [2.75, 3.05) is 13.1 Å². The van der Waals surface area contributed by atoms with Gasteiger partial charge >= 0.3 is 0 Å². The van der Waals surface area contributed by atoms with E-state index in [4.69, 9.17) is 0 Å². The number of carbonyl (C=O) groups excluding carboxylic acids is 1. The largest absolute Gasteiger partial charge is 0.351 e. The summed E-state index contributed by atoms with van der Waals surface area (Å²) in [6.45, 7) is 13.2. The number of nitrogens with one attached hydrogen (secondary N) is 2. The molecular formula is C15H26N2O. The van der Waals surface area contributed by atoms with Crippen molar-refractivity contribution in [3.8, 4) is 0 Å². The molecule has 1 amide bonds. The summed E-state index contributed by atoms with van der Waals surface area (Å²) in [5, 5.41) is 6.18. The maximum absolute atomic E-state index is 12.0. The normalized spacial score (nSPS) is 12.7. The molecule has 0 aromatic rings. The van der Waals surface area contributed by atoms with Gasteiger partial charge in [-0.1, -0.05) is 45.6 Å². The van der Waals surface area contributed by atoms with Crippen LogP contribution in [0.15, 0.2) is 36.0 Å². The molecule has 0 aliphatic rings. The fourth-order valence-corrected chi connectivity index (χ4v) is 1.63. The van der Waals surface area contributed by atoms with Gasteiger partial charge in [-0.05, 0) is 18.9 Å². The minimum Gasteiger partial charge on any atom is -0.351 e. The van der Waals surface area contributed by atoms with Gasteiger partial charge in [0.2, 0.25) is 0 Å². The first-order valence-corrected chi connectivity index (χ1v) is 6.56. The first kappa shape index (κ1) is 16.6. The highest BCUT2D eigenvalue weighted by Gasteiger charge is 2.11. The summed E-state index contributed by atoms with van der Waals surface area (Å²) in [6, 6.07) is 0.440. The molecule has 0 radical (unpaired) electrons. The second-order valence-electron chi connectivity index (χ2n) is 4.35. The Labute approximate surface area is 111 Å². The number of rotatable bonds is 8. The first-order valence-electron chi connectivity index (χ1n) is 6.56. The molecule has 18 heavy (non-hydrogen) atoms. The molecule has 0 aliphatic carbocycles. The van der Waals surface area contributed by atoms with Crippen molar-refractivity contribution in [1.29, 1.82) is 0 Å². The molecule has 3 nitrogen and oxygen atoms in total. The molecule has 3 heteroatoms. The minimum absolute atomic E-state index is 0.0157. The van der Waals surface area contributed by atoms with Crippen LogP contribution in [-0.4, -0.2) is 25.0 Å². The van der Waals surface area contributed by atoms with Crippen LogP contribution in [0.3, 0.4) is 0 Å². The van der Waals surface area contributed by atoms with Crippen molar-refractivity contribution in [3.05, 3.63) is 36.0 Å². The molecule has 0 saturated heterocycles. The second kappa shape index (κ2) is 9.66. The fourth-order valence-electron chi connectivity index (χ4n) is 1.63. The lowest BCUT2D eigenvalue weighted by Gasteiger charge is -2.12. The van der Waals surface area contributed by atoms with Crippen LogP contribution in [0.4, 0.5) is 0 Å². The van der Waals surface area contributed by atoms with Crippen LogP contribution in [0.5, 0.6) is 0 Å². The summed E-state index contributed by atoms with van der Waals surface area (Å²) in [6.07, 6.45) is 6.28. The molecule has 0 saturated carbocycles. The molecule has 0 rings (SSSR count). The SMILES string of the molecule is C=C/C=C(CC)\C(=C/C)C(=O)NCCNC(C)C. The molecule has 0 aliphatic heterocycles. The van der Waals surface area contributed by atoms with Gasteiger partial charge in [0.05, 0.1) is 0 Å². The van der Waals surface area contributed by atoms with Crippen molar-refractivity contribution in [2.45, 2.75) is 40.2 Å².